The molecule has 1 N–H and O–H groups in total. The maximum absolute atomic E-state index is 13.7. The van der Waals surface area contributed by atoms with E-state index in [4.69, 9.17) is 16.3 Å². The lowest BCUT2D eigenvalue weighted by atomic mass is 10.0. The van der Waals surface area contributed by atoms with E-state index in [-0.39, 0.29) is 24.5 Å². The van der Waals surface area contributed by atoms with Crippen LogP contribution in [0.4, 0.5) is 0 Å². The molecule has 3 aromatic rings. The van der Waals surface area contributed by atoms with Crippen LogP contribution in [0.25, 0.3) is 0 Å². The SMILES string of the molecule is Cc1cccc(CN(C(=O)COc2ccc(Cl)c(C)c2)[C@H](Cc2ccccc2)C(=O)NC2CCCC2)c1. The summed E-state index contributed by atoms with van der Waals surface area (Å²) in [5.41, 5.74) is 3.96. The van der Waals surface area contributed by atoms with E-state index in [0.29, 0.717) is 23.7 Å². The second-order valence-electron chi connectivity index (χ2n) is 9.91. The van der Waals surface area contributed by atoms with E-state index in [0.717, 1.165) is 47.9 Å². The molecular formula is C31H35ClN2O3. The highest BCUT2D eigenvalue weighted by Crippen LogP contribution is 2.23. The Morgan fingerprint density at radius 1 is 0.973 bits per heavy atom. The molecule has 1 aliphatic carbocycles. The van der Waals surface area contributed by atoms with Gasteiger partial charge in [-0.2, -0.15) is 0 Å². The van der Waals surface area contributed by atoms with Crippen LogP contribution in [0, 0.1) is 13.8 Å². The minimum absolute atomic E-state index is 0.112. The molecule has 6 heteroatoms. The molecule has 1 fully saturated rings. The number of benzene rings is 3. The third-order valence-electron chi connectivity index (χ3n) is 6.90. The molecule has 37 heavy (non-hydrogen) atoms. The fourth-order valence-corrected chi connectivity index (χ4v) is 4.98. The molecule has 1 saturated carbocycles. The molecule has 0 spiro atoms. The Morgan fingerprint density at radius 3 is 2.41 bits per heavy atom. The molecule has 0 bridgehead atoms. The van der Waals surface area contributed by atoms with E-state index in [1.54, 1.807) is 17.0 Å². The lowest BCUT2D eigenvalue weighted by Gasteiger charge is -2.32. The normalized spacial score (nSPS) is 14.2. The standard InChI is InChI=1S/C31H35ClN2O3/c1-22-9-8-12-25(17-22)20-34(30(35)21-37-27-15-16-28(32)23(2)18-27)29(19-24-10-4-3-5-11-24)31(36)33-26-13-6-7-14-26/h3-5,8-12,15-18,26,29H,6-7,13-14,19-21H2,1-2H3,(H,33,36)/t29-/m1/s1. The number of hydrogen-bond donors (Lipinski definition) is 1. The smallest absolute Gasteiger partial charge is 0.261 e. The van der Waals surface area contributed by atoms with E-state index >= 15 is 0 Å². The van der Waals surface area contributed by atoms with E-state index < -0.39 is 6.04 Å². The number of aryl methyl sites for hydroxylation is 2. The first-order chi connectivity index (χ1) is 17.9. The predicted octanol–water partition coefficient (Wildman–Crippen LogP) is 6.03. The molecule has 0 aliphatic heterocycles. The van der Waals surface area contributed by atoms with Gasteiger partial charge in [0.2, 0.25) is 5.91 Å². The van der Waals surface area contributed by atoms with Crippen LogP contribution in [0.2, 0.25) is 5.02 Å². The molecule has 3 aromatic carbocycles. The van der Waals surface area contributed by atoms with Crippen molar-refractivity contribution in [2.45, 2.75) is 64.6 Å². The highest BCUT2D eigenvalue weighted by molar-refractivity contribution is 6.31. The quantitative estimate of drug-likeness (QED) is 0.356. The van der Waals surface area contributed by atoms with Crippen LogP contribution >= 0.6 is 11.6 Å². The summed E-state index contributed by atoms with van der Waals surface area (Å²) in [4.78, 5) is 29.1. The fourth-order valence-electron chi connectivity index (χ4n) is 4.86. The first-order valence-corrected chi connectivity index (χ1v) is 13.3. The Hall–Kier alpha value is -3.31. The van der Waals surface area contributed by atoms with Gasteiger partial charge in [-0.05, 0) is 61.6 Å². The summed E-state index contributed by atoms with van der Waals surface area (Å²) >= 11 is 6.14. The first-order valence-electron chi connectivity index (χ1n) is 13.0. The second kappa shape index (κ2) is 12.8. The van der Waals surface area contributed by atoms with Gasteiger partial charge in [0.05, 0.1) is 0 Å². The zero-order valence-corrected chi connectivity index (χ0v) is 22.3. The van der Waals surface area contributed by atoms with Crippen LogP contribution in [0.1, 0.15) is 47.9 Å². The van der Waals surface area contributed by atoms with E-state index in [1.165, 1.54) is 0 Å². The van der Waals surface area contributed by atoms with Gasteiger partial charge < -0.3 is 15.0 Å². The first kappa shape index (κ1) is 26.7. The van der Waals surface area contributed by atoms with E-state index in [9.17, 15) is 9.59 Å². The number of halogens is 1. The molecule has 194 valence electrons. The fraction of sp³-hybridized carbons (Fsp3) is 0.355. The van der Waals surface area contributed by atoms with Gasteiger partial charge in [0, 0.05) is 24.0 Å². The molecule has 0 aromatic heterocycles. The second-order valence-corrected chi connectivity index (χ2v) is 10.3. The monoisotopic (exact) mass is 518 g/mol. The summed E-state index contributed by atoms with van der Waals surface area (Å²) in [7, 11) is 0. The Morgan fingerprint density at radius 2 is 1.70 bits per heavy atom. The molecule has 1 aliphatic rings. The maximum atomic E-state index is 13.7. The van der Waals surface area contributed by atoms with Crippen molar-refractivity contribution in [2.75, 3.05) is 6.61 Å². The average Bonchev–Trinajstić information content (AvgIpc) is 3.40. The van der Waals surface area contributed by atoms with Gasteiger partial charge in [-0.3, -0.25) is 9.59 Å². The Bertz CT molecular complexity index is 1210. The minimum Gasteiger partial charge on any atom is -0.484 e. The maximum Gasteiger partial charge on any atom is 0.261 e. The van der Waals surface area contributed by atoms with Crippen molar-refractivity contribution in [3.63, 3.8) is 0 Å². The van der Waals surface area contributed by atoms with E-state index in [2.05, 4.69) is 11.4 Å². The van der Waals surface area contributed by atoms with Gasteiger partial charge >= 0.3 is 0 Å². The molecule has 1 atom stereocenters. The van der Waals surface area contributed by atoms with Gasteiger partial charge in [-0.25, -0.2) is 0 Å². The highest BCUT2D eigenvalue weighted by atomic mass is 35.5. The summed E-state index contributed by atoms with van der Waals surface area (Å²) in [6.07, 6.45) is 4.63. The van der Waals surface area contributed by atoms with Crippen LogP contribution in [0.15, 0.2) is 72.8 Å². The van der Waals surface area contributed by atoms with Crippen molar-refractivity contribution in [3.8, 4) is 5.75 Å². The van der Waals surface area contributed by atoms with Crippen LogP contribution < -0.4 is 10.1 Å². The molecule has 4 rings (SSSR count). The number of nitrogens with one attached hydrogen (secondary N) is 1. The molecule has 0 saturated heterocycles. The van der Waals surface area contributed by atoms with Gasteiger partial charge in [-0.15, -0.1) is 0 Å². The Labute approximate surface area is 224 Å². The van der Waals surface area contributed by atoms with Gasteiger partial charge in [0.1, 0.15) is 11.8 Å². The van der Waals surface area contributed by atoms with Gasteiger partial charge in [0.25, 0.3) is 5.91 Å². The zero-order chi connectivity index (χ0) is 26.2. The summed E-state index contributed by atoms with van der Waals surface area (Å²) in [5, 5.41) is 3.88. The summed E-state index contributed by atoms with van der Waals surface area (Å²) in [6, 6.07) is 22.7. The number of amides is 2. The zero-order valence-electron chi connectivity index (χ0n) is 21.6. The Balaban J connectivity index is 1.61. The summed E-state index contributed by atoms with van der Waals surface area (Å²) in [6.45, 7) is 4.06. The number of rotatable bonds is 10. The lowest BCUT2D eigenvalue weighted by Crippen LogP contribution is -2.53. The molecule has 2 amide bonds. The van der Waals surface area contributed by atoms with Crippen molar-refractivity contribution >= 4 is 23.4 Å². The molecular weight excluding hydrogens is 484 g/mol. The van der Waals surface area contributed by atoms with Gasteiger partial charge in [0.15, 0.2) is 6.61 Å². The summed E-state index contributed by atoms with van der Waals surface area (Å²) in [5.74, 6) is 0.219. The average molecular weight is 519 g/mol. The summed E-state index contributed by atoms with van der Waals surface area (Å²) < 4.78 is 5.88. The minimum atomic E-state index is -0.661. The number of hydrogen-bond acceptors (Lipinski definition) is 3. The van der Waals surface area contributed by atoms with Crippen LogP contribution in [0.5, 0.6) is 5.75 Å². The molecule has 0 unspecified atom stereocenters. The topological polar surface area (TPSA) is 58.6 Å². The number of ether oxygens (including phenoxy) is 1. The number of nitrogens with zero attached hydrogens (tertiary/aromatic N) is 1. The van der Waals surface area contributed by atoms with Crippen molar-refractivity contribution < 1.29 is 14.3 Å². The highest BCUT2D eigenvalue weighted by Gasteiger charge is 2.32. The van der Waals surface area contributed by atoms with Crippen molar-refractivity contribution in [1.82, 2.24) is 10.2 Å². The molecule has 5 nitrogen and oxygen atoms in total. The van der Waals surface area contributed by atoms with Crippen molar-refractivity contribution in [2.24, 2.45) is 0 Å². The number of carbonyl (C=O) groups is 2. The Kier molecular flexibility index (Phi) is 9.24. The van der Waals surface area contributed by atoms with Crippen LogP contribution in [-0.4, -0.2) is 35.4 Å². The molecule has 0 radical (unpaired) electrons. The van der Waals surface area contributed by atoms with Crippen molar-refractivity contribution in [3.05, 3.63) is 100 Å². The van der Waals surface area contributed by atoms with Crippen molar-refractivity contribution in [1.29, 1.82) is 0 Å². The third-order valence-corrected chi connectivity index (χ3v) is 7.32. The number of carbonyl (C=O) groups excluding carboxylic acids is 2. The molecule has 0 heterocycles. The largest absolute Gasteiger partial charge is 0.484 e. The third kappa shape index (κ3) is 7.59. The van der Waals surface area contributed by atoms with E-state index in [1.807, 2.05) is 68.4 Å². The van der Waals surface area contributed by atoms with Gasteiger partial charge in [-0.1, -0.05) is 84.6 Å². The van der Waals surface area contributed by atoms with Crippen LogP contribution in [-0.2, 0) is 22.6 Å². The predicted molar refractivity (Wildman–Crippen MR) is 148 cm³/mol. The lowest BCUT2D eigenvalue weighted by molar-refractivity contribution is -0.143. The van der Waals surface area contributed by atoms with Crippen LogP contribution in [0.3, 0.4) is 0 Å².